The van der Waals surface area contributed by atoms with Gasteiger partial charge in [0.1, 0.15) is 0 Å². The van der Waals surface area contributed by atoms with E-state index in [9.17, 15) is 4.79 Å². The number of hydrogen-bond acceptors (Lipinski definition) is 1. The molecule has 0 aromatic heterocycles. The lowest BCUT2D eigenvalue weighted by Gasteiger charge is -2.22. The molecule has 0 bridgehead atoms. The van der Waals surface area contributed by atoms with E-state index in [4.69, 9.17) is 0 Å². The number of fused-ring (bicyclic) bond motifs is 2. The highest BCUT2D eigenvalue weighted by Crippen LogP contribution is 2.58. The molecular weight excluding hydrogens is 302 g/mol. The van der Waals surface area contributed by atoms with Crippen LogP contribution < -0.4 is 5.32 Å². The van der Waals surface area contributed by atoms with Crippen molar-refractivity contribution in [1.29, 1.82) is 0 Å². The van der Waals surface area contributed by atoms with Crippen LogP contribution in [0.4, 0.5) is 0 Å². The summed E-state index contributed by atoms with van der Waals surface area (Å²) in [7, 11) is 0. The fourth-order valence-corrected chi connectivity index (χ4v) is 4.59. The number of benzene rings is 1. The van der Waals surface area contributed by atoms with E-state index in [0.717, 1.165) is 36.3 Å². The Morgan fingerprint density at radius 2 is 2.00 bits per heavy atom. The normalized spacial score (nSPS) is 33.3. The largest absolute Gasteiger partial charge is 0.352 e. The fourth-order valence-electron chi connectivity index (χ4n) is 3.87. The SMILES string of the molecule is O=C1NCCc2ccc(C(Br)C3CC4CC4C3)cc21. The van der Waals surface area contributed by atoms with Crippen molar-refractivity contribution >= 4 is 21.8 Å². The van der Waals surface area contributed by atoms with Gasteiger partial charge in [-0.15, -0.1) is 0 Å². The van der Waals surface area contributed by atoms with Crippen molar-refractivity contribution in [3.05, 3.63) is 34.9 Å². The van der Waals surface area contributed by atoms with Gasteiger partial charge >= 0.3 is 0 Å². The third-order valence-corrected chi connectivity index (χ3v) is 6.35. The molecule has 2 fully saturated rings. The van der Waals surface area contributed by atoms with Crippen molar-refractivity contribution in [1.82, 2.24) is 5.32 Å². The van der Waals surface area contributed by atoms with Gasteiger partial charge in [0, 0.05) is 16.9 Å². The van der Waals surface area contributed by atoms with Crippen LogP contribution in [0.25, 0.3) is 0 Å². The van der Waals surface area contributed by atoms with Crippen LogP contribution in [0, 0.1) is 17.8 Å². The van der Waals surface area contributed by atoms with Gasteiger partial charge in [0.2, 0.25) is 0 Å². The van der Waals surface area contributed by atoms with E-state index >= 15 is 0 Å². The van der Waals surface area contributed by atoms with Crippen LogP contribution in [0.5, 0.6) is 0 Å². The number of alkyl halides is 1. The van der Waals surface area contributed by atoms with Crippen LogP contribution in [0.1, 0.15) is 45.6 Å². The van der Waals surface area contributed by atoms with Crippen molar-refractivity contribution in [3.63, 3.8) is 0 Å². The molecule has 1 amide bonds. The zero-order valence-corrected chi connectivity index (χ0v) is 12.4. The Hall–Kier alpha value is -0.830. The summed E-state index contributed by atoms with van der Waals surface area (Å²) in [5.74, 6) is 2.86. The minimum atomic E-state index is 0.0945. The van der Waals surface area contributed by atoms with Crippen molar-refractivity contribution in [2.75, 3.05) is 6.54 Å². The second-order valence-corrected chi connectivity index (χ2v) is 7.30. The summed E-state index contributed by atoms with van der Waals surface area (Å²) in [5.41, 5.74) is 3.36. The summed E-state index contributed by atoms with van der Waals surface area (Å²) in [4.78, 5) is 12.3. The Labute approximate surface area is 122 Å². The summed E-state index contributed by atoms with van der Waals surface area (Å²) >= 11 is 3.88. The number of rotatable bonds is 2. The molecule has 2 saturated carbocycles. The van der Waals surface area contributed by atoms with Gasteiger partial charge in [-0.2, -0.15) is 0 Å². The number of amides is 1. The molecule has 0 spiro atoms. The Kier molecular flexibility index (Phi) is 2.73. The van der Waals surface area contributed by atoms with Crippen molar-refractivity contribution in [3.8, 4) is 0 Å². The van der Waals surface area contributed by atoms with E-state index in [0.29, 0.717) is 4.83 Å². The quantitative estimate of drug-likeness (QED) is 0.831. The summed E-state index contributed by atoms with van der Waals surface area (Å²) in [6.45, 7) is 0.773. The standard InChI is InChI=1S/C16H18BrNO/c17-15(13-6-11-5-12(11)7-13)10-2-1-9-3-4-18-16(19)14(9)8-10/h1-2,8,11-13,15H,3-7H2,(H,18,19). The fraction of sp³-hybridized carbons (Fsp3) is 0.562. The Morgan fingerprint density at radius 1 is 1.21 bits per heavy atom. The van der Waals surface area contributed by atoms with Crippen LogP contribution in [-0.2, 0) is 6.42 Å². The van der Waals surface area contributed by atoms with Gasteiger partial charge in [0.25, 0.3) is 5.91 Å². The van der Waals surface area contributed by atoms with Crippen LogP contribution in [-0.4, -0.2) is 12.5 Å². The molecule has 100 valence electrons. The highest BCUT2D eigenvalue weighted by Gasteiger charge is 2.47. The molecule has 1 aromatic rings. The van der Waals surface area contributed by atoms with E-state index in [1.807, 2.05) is 0 Å². The average molecular weight is 320 g/mol. The van der Waals surface area contributed by atoms with Gasteiger partial charge in [-0.25, -0.2) is 0 Å². The first-order chi connectivity index (χ1) is 9.22. The Morgan fingerprint density at radius 3 is 2.79 bits per heavy atom. The second kappa shape index (κ2) is 4.34. The first-order valence-electron chi connectivity index (χ1n) is 7.27. The number of nitrogens with one attached hydrogen (secondary N) is 1. The monoisotopic (exact) mass is 319 g/mol. The lowest BCUT2D eigenvalue weighted by atomic mass is 9.91. The molecule has 2 nitrogen and oxygen atoms in total. The van der Waals surface area contributed by atoms with E-state index in [1.165, 1.54) is 30.4 Å². The molecule has 3 unspecified atom stereocenters. The molecule has 1 N–H and O–H groups in total. The van der Waals surface area contributed by atoms with Crippen LogP contribution in [0.3, 0.4) is 0 Å². The van der Waals surface area contributed by atoms with Crippen molar-refractivity contribution < 1.29 is 4.79 Å². The summed E-state index contributed by atoms with van der Waals surface area (Å²) in [6.07, 6.45) is 5.15. The molecule has 1 aromatic carbocycles. The van der Waals surface area contributed by atoms with Gasteiger partial charge in [-0.1, -0.05) is 28.1 Å². The maximum absolute atomic E-state index is 11.9. The van der Waals surface area contributed by atoms with Gasteiger partial charge in [-0.05, 0) is 60.6 Å². The molecule has 3 aliphatic rings. The zero-order valence-electron chi connectivity index (χ0n) is 10.9. The van der Waals surface area contributed by atoms with Crippen molar-refractivity contribution in [2.24, 2.45) is 17.8 Å². The third kappa shape index (κ3) is 2.03. The second-order valence-electron chi connectivity index (χ2n) is 6.31. The molecule has 4 rings (SSSR count). The summed E-state index contributed by atoms with van der Waals surface area (Å²) in [5, 5.41) is 2.93. The molecular formula is C16H18BrNO. The molecule has 2 aliphatic carbocycles. The lowest BCUT2D eigenvalue weighted by Crippen LogP contribution is -2.31. The van der Waals surface area contributed by atoms with Gasteiger partial charge in [0.15, 0.2) is 0 Å². The number of halogens is 1. The van der Waals surface area contributed by atoms with Crippen molar-refractivity contribution in [2.45, 2.75) is 30.5 Å². The van der Waals surface area contributed by atoms with E-state index in [1.54, 1.807) is 0 Å². The smallest absolute Gasteiger partial charge is 0.251 e. The Bertz CT molecular complexity index is 532. The number of hydrogen-bond donors (Lipinski definition) is 1. The molecule has 0 saturated heterocycles. The Balaban J connectivity index is 1.60. The van der Waals surface area contributed by atoms with E-state index in [2.05, 4.69) is 39.4 Å². The molecule has 3 heteroatoms. The topological polar surface area (TPSA) is 29.1 Å². The molecule has 0 radical (unpaired) electrons. The number of carbonyl (C=O) groups is 1. The van der Waals surface area contributed by atoms with Gasteiger partial charge in [0.05, 0.1) is 0 Å². The van der Waals surface area contributed by atoms with Gasteiger partial charge in [-0.3, -0.25) is 4.79 Å². The minimum Gasteiger partial charge on any atom is -0.352 e. The summed E-state index contributed by atoms with van der Waals surface area (Å²) in [6, 6.07) is 6.46. The van der Waals surface area contributed by atoms with Gasteiger partial charge < -0.3 is 5.32 Å². The predicted octanol–water partition coefficient (Wildman–Crippen LogP) is 3.45. The third-order valence-electron chi connectivity index (χ3n) is 5.07. The maximum Gasteiger partial charge on any atom is 0.251 e. The molecule has 1 aliphatic heterocycles. The van der Waals surface area contributed by atoms with Crippen LogP contribution in [0.15, 0.2) is 18.2 Å². The van der Waals surface area contributed by atoms with E-state index in [-0.39, 0.29) is 5.91 Å². The highest BCUT2D eigenvalue weighted by atomic mass is 79.9. The average Bonchev–Trinajstić information content (AvgIpc) is 3.05. The molecule has 1 heterocycles. The molecule has 19 heavy (non-hydrogen) atoms. The summed E-state index contributed by atoms with van der Waals surface area (Å²) < 4.78 is 0. The first kappa shape index (κ1) is 12.0. The van der Waals surface area contributed by atoms with Crippen LogP contribution >= 0.6 is 15.9 Å². The highest BCUT2D eigenvalue weighted by molar-refractivity contribution is 9.09. The minimum absolute atomic E-state index is 0.0945. The molecule has 3 atom stereocenters. The number of carbonyl (C=O) groups excluding carboxylic acids is 1. The lowest BCUT2D eigenvalue weighted by molar-refractivity contribution is 0.0946. The maximum atomic E-state index is 11.9. The predicted molar refractivity (Wildman–Crippen MR) is 78.5 cm³/mol. The van der Waals surface area contributed by atoms with Crippen LogP contribution in [0.2, 0.25) is 0 Å². The first-order valence-corrected chi connectivity index (χ1v) is 8.19. The van der Waals surface area contributed by atoms with E-state index < -0.39 is 0 Å². The zero-order chi connectivity index (χ0) is 13.0.